The van der Waals surface area contributed by atoms with Crippen LogP contribution in [0.2, 0.25) is 0 Å². The van der Waals surface area contributed by atoms with E-state index in [-0.39, 0.29) is 11.7 Å². The van der Waals surface area contributed by atoms with Crippen LogP contribution in [0.25, 0.3) is 16.2 Å². The number of benzene rings is 2. The summed E-state index contributed by atoms with van der Waals surface area (Å²) in [5, 5.41) is 13.1. The minimum Gasteiger partial charge on any atom is -0.508 e. The number of esters is 1. The fourth-order valence-electron chi connectivity index (χ4n) is 3.20. The van der Waals surface area contributed by atoms with Gasteiger partial charge in [-0.25, -0.2) is 9.78 Å². The van der Waals surface area contributed by atoms with Gasteiger partial charge in [-0.1, -0.05) is 41.7 Å². The number of hydrogen-bond acceptors (Lipinski definition) is 6. The van der Waals surface area contributed by atoms with Gasteiger partial charge < -0.3 is 15.2 Å². The molecule has 0 fully saturated rings. The maximum absolute atomic E-state index is 12.3. The van der Waals surface area contributed by atoms with Crippen LogP contribution >= 0.6 is 11.3 Å². The molecule has 2 N–H and O–H groups in total. The molecule has 0 unspecified atom stereocenters. The number of anilines is 1. The Kier molecular flexibility index (Phi) is 5.22. The van der Waals surface area contributed by atoms with E-state index in [1.807, 2.05) is 41.7 Å². The number of ether oxygens (including phenoxy) is 1. The van der Waals surface area contributed by atoms with Gasteiger partial charge in [0.25, 0.3) is 0 Å². The molecule has 0 aliphatic rings. The predicted octanol–water partition coefficient (Wildman–Crippen LogP) is 4.87. The highest BCUT2D eigenvalue weighted by atomic mass is 32.1. The van der Waals surface area contributed by atoms with Gasteiger partial charge in [-0.15, -0.1) is 0 Å². The Morgan fingerprint density at radius 1 is 1.17 bits per heavy atom. The summed E-state index contributed by atoms with van der Waals surface area (Å²) >= 11 is 1.31. The van der Waals surface area contributed by atoms with Gasteiger partial charge in [-0.05, 0) is 43.7 Å². The van der Waals surface area contributed by atoms with Crippen molar-refractivity contribution in [3.63, 3.8) is 0 Å². The van der Waals surface area contributed by atoms with Crippen LogP contribution in [-0.4, -0.2) is 27.1 Å². The molecule has 0 saturated carbocycles. The lowest BCUT2D eigenvalue weighted by Gasteiger charge is -2.10. The van der Waals surface area contributed by atoms with Gasteiger partial charge in [0.15, 0.2) is 4.96 Å². The van der Waals surface area contributed by atoms with E-state index >= 15 is 0 Å². The number of aromatic nitrogens is 2. The standard InChI is InChI=1S/C22H21N3O3S/c1-3-28-21(27)19-14(2)25-20(23-13-15-7-5-4-6-8-15)18(24-22(25)29-19)16-9-11-17(26)12-10-16/h4-12,23,26H,3,13H2,1-2H3. The quantitative estimate of drug-likeness (QED) is 0.446. The van der Waals surface area contributed by atoms with Gasteiger partial charge in [-0.2, -0.15) is 0 Å². The third-order valence-corrected chi connectivity index (χ3v) is 5.73. The monoisotopic (exact) mass is 407 g/mol. The first-order valence-corrected chi connectivity index (χ1v) is 10.2. The number of aromatic hydroxyl groups is 1. The predicted molar refractivity (Wildman–Crippen MR) is 115 cm³/mol. The van der Waals surface area contributed by atoms with E-state index in [2.05, 4.69) is 17.4 Å². The molecule has 2 heterocycles. The number of hydrogen-bond donors (Lipinski definition) is 2. The molecule has 0 aliphatic carbocycles. The molecule has 2 aromatic heterocycles. The fraction of sp³-hybridized carbons (Fsp3) is 0.182. The summed E-state index contributed by atoms with van der Waals surface area (Å²) in [6, 6.07) is 17.0. The highest BCUT2D eigenvalue weighted by Gasteiger charge is 2.23. The summed E-state index contributed by atoms with van der Waals surface area (Å²) in [7, 11) is 0. The normalized spacial score (nSPS) is 11.0. The van der Waals surface area contributed by atoms with Gasteiger partial charge in [0.05, 0.1) is 6.61 Å². The van der Waals surface area contributed by atoms with Crippen molar-refractivity contribution >= 4 is 28.1 Å². The average Bonchev–Trinajstić information content (AvgIpc) is 3.25. The highest BCUT2D eigenvalue weighted by molar-refractivity contribution is 7.19. The Balaban J connectivity index is 1.81. The van der Waals surface area contributed by atoms with Crippen LogP contribution in [-0.2, 0) is 11.3 Å². The van der Waals surface area contributed by atoms with E-state index < -0.39 is 0 Å². The number of phenols is 1. The van der Waals surface area contributed by atoms with E-state index in [1.165, 1.54) is 11.3 Å². The molecule has 148 valence electrons. The van der Waals surface area contributed by atoms with Crippen molar-refractivity contribution in [2.75, 3.05) is 11.9 Å². The third kappa shape index (κ3) is 3.69. The van der Waals surface area contributed by atoms with Gasteiger partial charge in [0.1, 0.15) is 22.1 Å². The Labute approximate surface area is 172 Å². The summed E-state index contributed by atoms with van der Waals surface area (Å²) in [6.07, 6.45) is 0. The molecular weight excluding hydrogens is 386 g/mol. The van der Waals surface area contributed by atoms with Crippen molar-refractivity contribution in [2.24, 2.45) is 0 Å². The maximum atomic E-state index is 12.3. The molecule has 0 saturated heterocycles. The van der Waals surface area contributed by atoms with Crippen LogP contribution in [0.5, 0.6) is 5.75 Å². The first-order valence-electron chi connectivity index (χ1n) is 9.34. The topological polar surface area (TPSA) is 75.9 Å². The number of phenolic OH excluding ortho intramolecular Hbond substituents is 1. The highest BCUT2D eigenvalue weighted by Crippen LogP contribution is 2.35. The summed E-state index contributed by atoms with van der Waals surface area (Å²) < 4.78 is 7.15. The lowest BCUT2D eigenvalue weighted by molar-refractivity contribution is 0.0531. The summed E-state index contributed by atoms with van der Waals surface area (Å²) in [6.45, 7) is 4.63. The van der Waals surface area contributed by atoms with Crippen molar-refractivity contribution < 1.29 is 14.6 Å². The number of aryl methyl sites for hydroxylation is 1. The van der Waals surface area contributed by atoms with Crippen molar-refractivity contribution in [2.45, 2.75) is 20.4 Å². The second kappa shape index (κ2) is 7.97. The largest absolute Gasteiger partial charge is 0.508 e. The second-order valence-electron chi connectivity index (χ2n) is 6.55. The van der Waals surface area contributed by atoms with Gasteiger partial charge >= 0.3 is 5.97 Å². The summed E-state index contributed by atoms with van der Waals surface area (Å²) in [4.78, 5) is 18.4. The Morgan fingerprint density at radius 2 is 1.90 bits per heavy atom. The van der Waals surface area contributed by atoms with Crippen molar-refractivity contribution in [3.05, 3.63) is 70.7 Å². The number of nitrogens with one attached hydrogen (secondary N) is 1. The van der Waals surface area contributed by atoms with Crippen LogP contribution in [0, 0.1) is 6.92 Å². The van der Waals surface area contributed by atoms with E-state index in [0.29, 0.717) is 23.0 Å². The first kappa shape index (κ1) is 19.0. The van der Waals surface area contributed by atoms with E-state index in [9.17, 15) is 9.90 Å². The molecule has 4 rings (SSSR count). The second-order valence-corrected chi connectivity index (χ2v) is 7.53. The number of imidazole rings is 1. The number of carbonyl (C=O) groups excluding carboxylic acids is 1. The molecule has 29 heavy (non-hydrogen) atoms. The number of nitrogens with zero attached hydrogens (tertiary/aromatic N) is 2. The first-order chi connectivity index (χ1) is 14.1. The van der Waals surface area contributed by atoms with Crippen LogP contribution in [0.15, 0.2) is 54.6 Å². The molecular formula is C22H21N3O3S. The number of thiazole rings is 1. The molecule has 0 atom stereocenters. The molecule has 0 bridgehead atoms. The molecule has 0 radical (unpaired) electrons. The Bertz CT molecular complexity index is 1150. The summed E-state index contributed by atoms with van der Waals surface area (Å²) in [5.41, 5.74) is 3.58. The lowest BCUT2D eigenvalue weighted by Crippen LogP contribution is -2.07. The number of rotatable bonds is 6. The van der Waals surface area contributed by atoms with Crippen molar-refractivity contribution in [1.82, 2.24) is 9.38 Å². The van der Waals surface area contributed by atoms with Crippen molar-refractivity contribution in [3.8, 4) is 17.0 Å². The van der Waals surface area contributed by atoms with E-state index in [1.54, 1.807) is 19.1 Å². The molecule has 0 aliphatic heterocycles. The number of fused-ring (bicyclic) bond motifs is 1. The zero-order valence-corrected chi connectivity index (χ0v) is 17.0. The molecule has 4 aromatic rings. The Morgan fingerprint density at radius 3 is 2.59 bits per heavy atom. The van der Waals surface area contributed by atoms with Crippen LogP contribution in [0.3, 0.4) is 0 Å². The van der Waals surface area contributed by atoms with Gasteiger partial charge in [-0.3, -0.25) is 4.40 Å². The SMILES string of the molecule is CCOC(=O)c1sc2nc(-c3ccc(O)cc3)c(NCc3ccccc3)n2c1C. The van der Waals surface area contributed by atoms with E-state index in [0.717, 1.165) is 28.3 Å². The van der Waals surface area contributed by atoms with Crippen molar-refractivity contribution in [1.29, 1.82) is 0 Å². The molecule has 6 nitrogen and oxygen atoms in total. The number of carbonyl (C=O) groups is 1. The molecule has 7 heteroatoms. The van der Waals surface area contributed by atoms with Gasteiger partial charge in [0, 0.05) is 17.8 Å². The fourth-order valence-corrected chi connectivity index (χ4v) is 4.22. The average molecular weight is 407 g/mol. The third-order valence-electron chi connectivity index (χ3n) is 4.61. The maximum Gasteiger partial charge on any atom is 0.350 e. The Hall–Kier alpha value is -3.32. The van der Waals surface area contributed by atoms with Crippen LogP contribution in [0.4, 0.5) is 5.82 Å². The minimum absolute atomic E-state index is 0.203. The smallest absolute Gasteiger partial charge is 0.350 e. The zero-order valence-electron chi connectivity index (χ0n) is 16.2. The molecule has 0 spiro atoms. The summed E-state index contributed by atoms with van der Waals surface area (Å²) in [5.74, 6) is 0.675. The minimum atomic E-state index is -0.333. The molecule has 2 aromatic carbocycles. The van der Waals surface area contributed by atoms with Crippen LogP contribution in [0.1, 0.15) is 27.9 Å². The zero-order chi connectivity index (χ0) is 20.4. The lowest BCUT2D eigenvalue weighted by atomic mass is 10.1. The molecule has 0 amide bonds. The van der Waals surface area contributed by atoms with Crippen LogP contribution < -0.4 is 5.32 Å². The van der Waals surface area contributed by atoms with Gasteiger partial charge in [0.2, 0.25) is 0 Å². The van der Waals surface area contributed by atoms with E-state index in [4.69, 9.17) is 9.72 Å².